The zero-order valence-corrected chi connectivity index (χ0v) is 29.9. The van der Waals surface area contributed by atoms with Gasteiger partial charge in [-0.15, -0.1) is 0 Å². The first-order chi connectivity index (χ1) is 27.3. The molecule has 4 heteroatoms. The molecule has 2 heterocycles. The molecule has 0 saturated heterocycles. The van der Waals surface area contributed by atoms with Gasteiger partial charge in [0, 0.05) is 33.0 Å². The number of para-hydroxylation sites is 1. The molecule has 0 aliphatic rings. The highest BCUT2D eigenvalue weighted by molar-refractivity contribution is 6.11. The van der Waals surface area contributed by atoms with E-state index in [2.05, 4.69) is 150 Å². The van der Waals surface area contributed by atoms with Crippen LogP contribution in [0.3, 0.4) is 0 Å². The summed E-state index contributed by atoms with van der Waals surface area (Å²) in [5.74, 6) is 1.93. The van der Waals surface area contributed by atoms with Crippen molar-refractivity contribution >= 4 is 21.8 Å². The van der Waals surface area contributed by atoms with Gasteiger partial charge in [-0.05, 0) is 46.0 Å². The predicted octanol–water partition coefficient (Wildman–Crippen LogP) is 13.0. The first-order valence-corrected chi connectivity index (χ1v) is 18.5. The number of aromatic nitrogens is 4. The molecule has 8 aromatic carbocycles. The molecule has 0 bridgehead atoms. The maximum Gasteiger partial charge on any atom is 0.164 e. The van der Waals surface area contributed by atoms with E-state index < -0.39 is 0 Å². The molecule has 0 spiro atoms. The number of benzene rings is 8. The second-order valence-corrected chi connectivity index (χ2v) is 13.6. The summed E-state index contributed by atoms with van der Waals surface area (Å²) in [7, 11) is 0. The van der Waals surface area contributed by atoms with Crippen LogP contribution >= 0.6 is 0 Å². The Morgan fingerprint density at radius 1 is 0.291 bits per heavy atom. The molecule has 0 aliphatic carbocycles. The number of hydrogen-bond acceptors (Lipinski definition) is 3. The van der Waals surface area contributed by atoms with E-state index in [1.54, 1.807) is 0 Å². The van der Waals surface area contributed by atoms with Crippen LogP contribution in [-0.2, 0) is 0 Å². The van der Waals surface area contributed by atoms with Gasteiger partial charge in [0.1, 0.15) is 0 Å². The second-order valence-electron chi connectivity index (χ2n) is 13.6. The lowest BCUT2D eigenvalue weighted by Gasteiger charge is -2.19. The lowest BCUT2D eigenvalue weighted by atomic mass is 9.92. The first-order valence-electron chi connectivity index (χ1n) is 18.5. The number of rotatable bonds is 7. The smallest absolute Gasteiger partial charge is 0.164 e. The van der Waals surface area contributed by atoms with Crippen molar-refractivity contribution in [2.45, 2.75) is 0 Å². The average molecular weight is 703 g/mol. The van der Waals surface area contributed by atoms with E-state index in [1.807, 2.05) is 60.7 Å². The normalized spacial score (nSPS) is 11.3. The molecular weight excluding hydrogens is 669 g/mol. The molecule has 0 aliphatic heterocycles. The van der Waals surface area contributed by atoms with Crippen molar-refractivity contribution in [3.8, 4) is 73.2 Å². The van der Waals surface area contributed by atoms with Gasteiger partial charge in [0.2, 0.25) is 0 Å². The van der Waals surface area contributed by atoms with Crippen LogP contribution in [-0.4, -0.2) is 19.5 Å². The summed E-state index contributed by atoms with van der Waals surface area (Å²) in [4.78, 5) is 14.8. The molecule has 0 atom stereocenters. The highest BCUT2D eigenvalue weighted by Gasteiger charge is 2.20. The lowest BCUT2D eigenvalue weighted by molar-refractivity contribution is 1.07. The third kappa shape index (κ3) is 5.96. The second kappa shape index (κ2) is 13.8. The van der Waals surface area contributed by atoms with E-state index in [0.717, 1.165) is 39.1 Å². The Morgan fingerprint density at radius 2 is 0.745 bits per heavy atom. The molecule has 0 amide bonds. The van der Waals surface area contributed by atoms with Crippen LogP contribution in [0.2, 0.25) is 0 Å². The van der Waals surface area contributed by atoms with Gasteiger partial charge in [-0.3, -0.25) is 0 Å². The van der Waals surface area contributed by atoms with Crippen molar-refractivity contribution in [3.05, 3.63) is 206 Å². The highest BCUT2D eigenvalue weighted by Crippen LogP contribution is 2.42. The minimum atomic E-state index is 0.635. The highest BCUT2D eigenvalue weighted by atomic mass is 15.0. The summed E-state index contributed by atoms with van der Waals surface area (Å²) in [6, 6.07) is 72.4. The molecule has 0 radical (unpaired) electrons. The molecule has 10 rings (SSSR count). The molecule has 0 saturated carbocycles. The summed E-state index contributed by atoms with van der Waals surface area (Å²) in [6.07, 6.45) is 0. The van der Waals surface area contributed by atoms with Crippen molar-refractivity contribution in [2.24, 2.45) is 0 Å². The number of hydrogen-bond donors (Lipinski definition) is 0. The van der Waals surface area contributed by atoms with Gasteiger partial charge in [0.05, 0.1) is 16.7 Å². The molecule has 258 valence electrons. The Hall–Kier alpha value is -7.43. The van der Waals surface area contributed by atoms with Gasteiger partial charge in [0.25, 0.3) is 0 Å². The van der Waals surface area contributed by atoms with Crippen molar-refractivity contribution in [1.29, 1.82) is 0 Å². The molecule has 0 N–H and O–H groups in total. The van der Waals surface area contributed by atoms with Crippen LogP contribution in [0, 0.1) is 0 Å². The Morgan fingerprint density at radius 3 is 1.35 bits per heavy atom. The van der Waals surface area contributed by atoms with Crippen molar-refractivity contribution < 1.29 is 0 Å². The molecule has 2 aromatic heterocycles. The minimum absolute atomic E-state index is 0.635. The Bertz CT molecular complexity index is 2880. The molecule has 4 nitrogen and oxygen atoms in total. The summed E-state index contributed by atoms with van der Waals surface area (Å²) < 4.78 is 2.44. The third-order valence-electron chi connectivity index (χ3n) is 10.3. The van der Waals surface area contributed by atoms with E-state index in [9.17, 15) is 0 Å². The molecule has 10 aromatic rings. The van der Waals surface area contributed by atoms with E-state index >= 15 is 0 Å². The Balaban J connectivity index is 1.14. The third-order valence-corrected chi connectivity index (χ3v) is 10.3. The van der Waals surface area contributed by atoms with Crippen LogP contribution in [0.1, 0.15) is 0 Å². The van der Waals surface area contributed by atoms with Crippen LogP contribution in [0.15, 0.2) is 206 Å². The fourth-order valence-corrected chi connectivity index (χ4v) is 7.65. The zero-order chi connectivity index (χ0) is 36.6. The Kier molecular flexibility index (Phi) is 8.12. The molecule has 55 heavy (non-hydrogen) atoms. The van der Waals surface area contributed by atoms with Gasteiger partial charge in [-0.2, -0.15) is 0 Å². The Labute approximate surface area is 319 Å². The molecule has 0 fully saturated rings. The molecular formula is C51H34N4. The number of nitrogens with zero attached hydrogens (tertiary/aromatic N) is 4. The van der Waals surface area contributed by atoms with Crippen LogP contribution in [0.5, 0.6) is 0 Å². The van der Waals surface area contributed by atoms with E-state index in [0.29, 0.717) is 17.5 Å². The van der Waals surface area contributed by atoms with Crippen LogP contribution in [0.4, 0.5) is 0 Å². The summed E-state index contributed by atoms with van der Waals surface area (Å²) in [6.45, 7) is 0. The lowest BCUT2D eigenvalue weighted by Crippen LogP contribution is -2.00. The SMILES string of the molecule is c1ccc(-c2ccc3c4ccccc4n(-c4cccc(-c5ccc(-c6nc(-c7ccccc7)nc(-c7ccccc7)n6)cc5)c4-c4ccccc4)c3c2)cc1. The largest absolute Gasteiger partial charge is 0.309 e. The number of fused-ring (bicyclic) bond motifs is 3. The van der Waals surface area contributed by atoms with E-state index in [4.69, 9.17) is 15.0 Å². The fourth-order valence-electron chi connectivity index (χ4n) is 7.65. The van der Waals surface area contributed by atoms with Crippen molar-refractivity contribution in [3.63, 3.8) is 0 Å². The zero-order valence-electron chi connectivity index (χ0n) is 29.9. The van der Waals surface area contributed by atoms with E-state index in [-0.39, 0.29) is 0 Å². The van der Waals surface area contributed by atoms with Gasteiger partial charge in [-0.1, -0.05) is 188 Å². The monoisotopic (exact) mass is 702 g/mol. The first kappa shape index (κ1) is 32.2. The predicted molar refractivity (Wildman–Crippen MR) is 227 cm³/mol. The molecule has 0 unspecified atom stereocenters. The van der Waals surface area contributed by atoms with Crippen LogP contribution < -0.4 is 0 Å². The van der Waals surface area contributed by atoms with Gasteiger partial charge in [-0.25, -0.2) is 15.0 Å². The maximum absolute atomic E-state index is 4.98. The van der Waals surface area contributed by atoms with Crippen molar-refractivity contribution in [1.82, 2.24) is 19.5 Å². The van der Waals surface area contributed by atoms with Gasteiger partial charge >= 0.3 is 0 Å². The summed E-state index contributed by atoms with van der Waals surface area (Å²) >= 11 is 0. The minimum Gasteiger partial charge on any atom is -0.309 e. The average Bonchev–Trinajstić information content (AvgIpc) is 3.61. The fraction of sp³-hybridized carbons (Fsp3) is 0. The summed E-state index contributed by atoms with van der Waals surface area (Å²) in [5, 5.41) is 2.46. The maximum atomic E-state index is 4.98. The summed E-state index contributed by atoms with van der Waals surface area (Å²) in [5.41, 5.74) is 13.3. The van der Waals surface area contributed by atoms with Crippen LogP contribution in [0.25, 0.3) is 95.0 Å². The van der Waals surface area contributed by atoms with Gasteiger partial charge < -0.3 is 4.57 Å². The topological polar surface area (TPSA) is 43.6 Å². The van der Waals surface area contributed by atoms with Crippen molar-refractivity contribution in [2.75, 3.05) is 0 Å². The van der Waals surface area contributed by atoms with E-state index in [1.165, 1.54) is 38.5 Å². The quantitative estimate of drug-likeness (QED) is 0.166. The standard InChI is InChI=1S/C51H34N4/c1-5-16-35(17-6-1)41-32-33-44-43-24-13-14-26-45(43)55(47(44)34-41)46-27-15-25-42(48(46)37-18-7-2-8-19-37)36-28-30-40(31-29-36)51-53-49(38-20-9-3-10-21-38)52-50(54-51)39-22-11-4-12-23-39/h1-34H. The van der Waals surface area contributed by atoms with Gasteiger partial charge in [0.15, 0.2) is 17.5 Å².